The van der Waals surface area contributed by atoms with Crippen LogP contribution in [0, 0.1) is 12.3 Å². The van der Waals surface area contributed by atoms with E-state index in [1.807, 2.05) is 0 Å². The third-order valence-corrected chi connectivity index (χ3v) is 2.67. The van der Waals surface area contributed by atoms with Gasteiger partial charge in [0.25, 0.3) is 0 Å². The van der Waals surface area contributed by atoms with Crippen LogP contribution in [0.3, 0.4) is 0 Å². The predicted molar refractivity (Wildman–Crippen MR) is 67.3 cm³/mol. The molecular weight excluding hydrogens is 254 g/mol. The van der Waals surface area contributed by atoms with Crippen LogP contribution >= 0.6 is 11.8 Å². The van der Waals surface area contributed by atoms with E-state index in [0.29, 0.717) is 22.1 Å². The molecule has 0 fully saturated rings. The summed E-state index contributed by atoms with van der Waals surface area (Å²) in [6.45, 7) is 0. The van der Waals surface area contributed by atoms with E-state index in [2.05, 4.69) is 35.9 Å². The highest BCUT2D eigenvalue weighted by Gasteiger charge is 2.08. The fraction of sp³-hybridized carbons (Fsp3) is 0.200. The van der Waals surface area contributed by atoms with Gasteiger partial charge in [0, 0.05) is 0 Å². The summed E-state index contributed by atoms with van der Waals surface area (Å²) in [5.74, 6) is 3.23. The monoisotopic (exact) mass is 263 g/mol. The van der Waals surface area contributed by atoms with Crippen molar-refractivity contribution in [3.63, 3.8) is 0 Å². The molecule has 0 radical (unpaired) electrons. The maximum atomic E-state index is 11.0. The number of fused-ring (bicyclic) bond motifs is 1. The predicted octanol–water partition coefficient (Wildman–Crippen LogP) is 1.26. The van der Waals surface area contributed by atoms with Crippen LogP contribution < -0.4 is 5.32 Å². The Morgan fingerprint density at radius 2 is 2.50 bits per heavy atom. The zero-order valence-electron chi connectivity index (χ0n) is 9.43. The number of aromatic amines is 1. The largest absolute Gasteiger partial charge is 0.453 e. The summed E-state index contributed by atoms with van der Waals surface area (Å²) in [6, 6.07) is 0. The highest BCUT2D eigenvalue weighted by atomic mass is 32.2. The number of amides is 1. The van der Waals surface area contributed by atoms with Gasteiger partial charge in [-0.1, -0.05) is 17.7 Å². The molecule has 2 aromatic rings. The van der Waals surface area contributed by atoms with Crippen molar-refractivity contribution in [1.82, 2.24) is 19.9 Å². The van der Waals surface area contributed by atoms with Crippen LogP contribution in [0.15, 0.2) is 11.4 Å². The molecule has 0 unspecified atom stereocenters. The van der Waals surface area contributed by atoms with Crippen molar-refractivity contribution in [2.45, 2.75) is 5.16 Å². The van der Waals surface area contributed by atoms with Gasteiger partial charge in [0.1, 0.15) is 5.52 Å². The highest BCUT2D eigenvalue weighted by Crippen LogP contribution is 2.16. The molecular formula is C10H9N5O2S. The average Bonchev–Trinajstić information content (AvgIpc) is 2.77. The lowest BCUT2D eigenvalue weighted by atomic mass is 10.6. The average molecular weight is 263 g/mol. The zero-order chi connectivity index (χ0) is 13.0. The number of hydrogen-bond acceptors (Lipinski definition) is 6. The van der Waals surface area contributed by atoms with E-state index in [-0.39, 0.29) is 5.95 Å². The first-order valence-corrected chi connectivity index (χ1v) is 5.85. The van der Waals surface area contributed by atoms with Crippen molar-refractivity contribution in [2.75, 3.05) is 18.2 Å². The van der Waals surface area contributed by atoms with E-state index in [4.69, 9.17) is 6.42 Å². The number of carbonyl (C=O) groups excluding carboxylic acids is 1. The van der Waals surface area contributed by atoms with Gasteiger partial charge in [-0.2, -0.15) is 4.98 Å². The summed E-state index contributed by atoms with van der Waals surface area (Å²) >= 11 is 1.34. The molecule has 0 bridgehead atoms. The van der Waals surface area contributed by atoms with Crippen molar-refractivity contribution in [3.05, 3.63) is 6.20 Å². The smallest absolute Gasteiger partial charge is 0.413 e. The number of nitrogens with zero attached hydrogens (tertiary/aromatic N) is 3. The first-order valence-electron chi connectivity index (χ1n) is 4.87. The number of thioether (sulfide) groups is 1. The Kier molecular flexibility index (Phi) is 3.64. The Morgan fingerprint density at radius 3 is 3.22 bits per heavy atom. The molecule has 2 N–H and O–H groups in total. The molecule has 0 aliphatic heterocycles. The second-order valence-corrected chi connectivity index (χ2v) is 4.03. The third kappa shape index (κ3) is 2.70. The number of imidazole rings is 1. The summed E-state index contributed by atoms with van der Waals surface area (Å²) < 4.78 is 4.45. The highest BCUT2D eigenvalue weighted by molar-refractivity contribution is 7.99. The fourth-order valence-corrected chi connectivity index (χ4v) is 1.67. The van der Waals surface area contributed by atoms with Crippen molar-refractivity contribution in [2.24, 2.45) is 0 Å². The standard InChI is InChI=1S/C10H9N5O2S/c1-3-4-18-9-11-5-6-7(14-9)13-8(12-6)15-10(16)17-2/h1,5H,4H2,2H3,(H2,11,12,13,14,15,16). The molecule has 18 heavy (non-hydrogen) atoms. The van der Waals surface area contributed by atoms with Crippen molar-refractivity contribution in [1.29, 1.82) is 0 Å². The maximum Gasteiger partial charge on any atom is 0.413 e. The van der Waals surface area contributed by atoms with Crippen molar-refractivity contribution >= 4 is 35.0 Å². The zero-order valence-corrected chi connectivity index (χ0v) is 10.2. The van der Waals surface area contributed by atoms with E-state index < -0.39 is 6.09 Å². The molecule has 2 heterocycles. The lowest BCUT2D eigenvalue weighted by Crippen LogP contribution is -2.11. The number of nitrogens with one attached hydrogen (secondary N) is 2. The maximum absolute atomic E-state index is 11.0. The van der Waals surface area contributed by atoms with Gasteiger partial charge < -0.3 is 9.72 Å². The van der Waals surface area contributed by atoms with Gasteiger partial charge in [0.05, 0.1) is 19.1 Å². The van der Waals surface area contributed by atoms with Gasteiger partial charge in [-0.3, -0.25) is 5.32 Å². The molecule has 92 valence electrons. The molecule has 0 saturated heterocycles. The summed E-state index contributed by atoms with van der Waals surface area (Å²) in [4.78, 5) is 26.2. The van der Waals surface area contributed by atoms with Gasteiger partial charge in [-0.25, -0.2) is 14.8 Å². The second-order valence-electron chi connectivity index (χ2n) is 3.08. The number of hydrogen-bond donors (Lipinski definition) is 2. The van der Waals surface area contributed by atoms with Crippen LogP contribution in [0.4, 0.5) is 10.7 Å². The molecule has 2 aromatic heterocycles. The van der Waals surface area contributed by atoms with Gasteiger partial charge in [0.15, 0.2) is 10.8 Å². The number of methoxy groups -OCH3 is 1. The number of ether oxygens (including phenoxy) is 1. The molecule has 0 saturated carbocycles. The minimum absolute atomic E-state index is 0.255. The van der Waals surface area contributed by atoms with E-state index in [9.17, 15) is 4.79 Å². The topological polar surface area (TPSA) is 92.8 Å². The number of terminal acetylenes is 1. The first kappa shape index (κ1) is 12.2. The molecule has 8 heteroatoms. The lowest BCUT2D eigenvalue weighted by molar-refractivity contribution is 0.186. The number of H-pyrrole nitrogens is 1. The second kappa shape index (κ2) is 5.37. The summed E-state index contributed by atoms with van der Waals surface area (Å²) in [6.07, 6.45) is 6.13. The quantitative estimate of drug-likeness (QED) is 0.492. The van der Waals surface area contributed by atoms with E-state index >= 15 is 0 Å². The minimum atomic E-state index is -0.607. The SMILES string of the molecule is C#CCSc1ncc2[nH]c(NC(=O)OC)nc2n1. The van der Waals surface area contributed by atoms with Crippen LogP contribution in [0.2, 0.25) is 0 Å². The Bertz CT molecular complexity index is 618. The van der Waals surface area contributed by atoms with Crippen molar-refractivity contribution in [3.8, 4) is 12.3 Å². The molecule has 7 nitrogen and oxygen atoms in total. The van der Waals surface area contributed by atoms with E-state index in [1.54, 1.807) is 6.20 Å². The minimum Gasteiger partial charge on any atom is -0.453 e. The third-order valence-electron chi connectivity index (χ3n) is 1.91. The van der Waals surface area contributed by atoms with Gasteiger partial charge in [-0.05, 0) is 0 Å². The van der Waals surface area contributed by atoms with E-state index in [1.165, 1.54) is 18.9 Å². The Balaban J connectivity index is 2.23. The molecule has 1 amide bonds. The molecule has 0 aromatic carbocycles. The number of anilines is 1. The molecule has 0 spiro atoms. The van der Waals surface area contributed by atoms with Gasteiger partial charge in [0.2, 0.25) is 5.95 Å². The summed E-state index contributed by atoms with van der Waals surface area (Å²) in [5.41, 5.74) is 1.07. The molecule has 0 aliphatic carbocycles. The molecule has 2 rings (SSSR count). The fourth-order valence-electron chi connectivity index (χ4n) is 1.17. The van der Waals surface area contributed by atoms with Crippen LogP contribution in [0.25, 0.3) is 11.2 Å². The van der Waals surface area contributed by atoms with E-state index in [0.717, 1.165) is 0 Å². The molecule has 0 atom stereocenters. The van der Waals surface area contributed by atoms with Crippen molar-refractivity contribution < 1.29 is 9.53 Å². The molecule has 0 aliphatic rings. The Labute approximate surface area is 107 Å². The first-order chi connectivity index (χ1) is 8.72. The summed E-state index contributed by atoms with van der Waals surface area (Å²) in [7, 11) is 1.27. The van der Waals surface area contributed by atoms with Crippen LogP contribution in [-0.4, -0.2) is 38.9 Å². The normalized spacial score (nSPS) is 10.0. The van der Waals surface area contributed by atoms with Crippen LogP contribution in [-0.2, 0) is 4.74 Å². The Hall–Kier alpha value is -2.27. The number of carbonyl (C=O) groups is 1. The van der Waals surface area contributed by atoms with Crippen LogP contribution in [0.5, 0.6) is 0 Å². The number of aromatic nitrogens is 4. The summed E-state index contributed by atoms with van der Waals surface area (Å²) in [5, 5.41) is 2.95. The number of rotatable bonds is 3. The van der Waals surface area contributed by atoms with Gasteiger partial charge >= 0.3 is 6.09 Å². The van der Waals surface area contributed by atoms with Crippen LogP contribution in [0.1, 0.15) is 0 Å². The lowest BCUT2D eigenvalue weighted by Gasteiger charge is -1.96. The van der Waals surface area contributed by atoms with Gasteiger partial charge in [-0.15, -0.1) is 6.42 Å². The Morgan fingerprint density at radius 1 is 1.67 bits per heavy atom.